The van der Waals surface area contributed by atoms with Gasteiger partial charge in [0.25, 0.3) is 0 Å². The fraction of sp³-hybridized carbons (Fsp3) is 0.500. The Morgan fingerprint density at radius 1 is 1.47 bits per heavy atom. The molecule has 17 heavy (non-hydrogen) atoms. The van der Waals surface area contributed by atoms with Gasteiger partial charge in [0.1, 0.15) is 0 Å². The van der Waals surface area contributed by atoms with E-state index in [1.165, 1.54) is 12.8 Å². The highest BCUT2D eigenvalue weighted by molar-refractivity contribution is 5.40. The first-order chi connectivity index (χ1) is 8.31. The molecule has 0 saturated carbocycles. The molecule has 2 aromatic rings. The van der Waals surface area contributed by atoms with Crippen molar-refractivity contribution in [1.82, 2.24) is 19.7 Å². The quantitative estimate of drug-likeness (QED) is 0.804. The maximum atomic E-state index is 5.70. The normalized spacial score (nSPS) is 20.8. The van der Waals surface area contributed by atoms with Gasteiger partial charge in [0.05, 0.1) is 17.6 Å². The summed E-state index contributed by atoms with van der Waals surface area (Å²) < 4.78 is 1.90. The van der Waals surface area contributed by atoms with Crippen LogP contribution in [0.1, 0.15) is 18.5 Å². The average molecular weight is 231 g/mol. The first-order valence-corrected chi connectivity index (χ1v) is 6.11. The molecule has 3 heterocycles. The highest BCUT2D eigenvalue weighted by Crippen LogP contribution is 2.16. The first-order valence-electron chi connectivity index (χ1n) is 6.11. The van der Waals surface area contributed by atoms with E-state index in [9.17, 15) is 0 Å². The average Bonchev–Trinajstić information content (AvgIpc) is 2.71. The number of nitrogen functional groups attached to an aromatic ring is 1. The third kappa shape index (κ3) is 2.24. The molecule has 1 unspecified atom stereocenters. The van der Waals surface area contributed by atoms with Crippen molar-refractivity contribution in [2.75, 3.05) is 18.8 Å². The molecular formula is C12H17N5. The van der Waals surface area contributed by atoms with E-state index >= 15 is 0 Å². The van der Waals surface area contributed by atoms with Gasteiger partial charge in [-0.05, 0) is 38.3 Å². The van der Waals surface area contributed by atoms with Gasteiger partial charge in [-0.25, -0.2) is 9.97 Å². The molecule has 0 bridgehead atoms. The summed E-state index contributed by atoms with van der Waals surface area (Å²) in [6.07, 6.45) is 9.12. The molecule has 90 valence electrons. The van der Waals surface area contributed by atoms with Crippen LogP contribution in [0, 0.1) is 5.92 Å². The largest absolute Gasteiger partial charge is 0.396 e. The van der Waals surface area contributed by atoms with E-state index < -0.39 is 0 Å². The molecule has 3 N–H and O–H groups in total. The van der Waals surface area contributed by atoms with E-state index in [-0.39, 0.29) is 0 Å². The van der Waals surface area contributed by atoms with Crippen LogP contribution in [0.4, 0.5) is 5.69 Å². The van der Waals surface area contributed by atoms with Gasteiger partial charge in [-0.2, -0.15) is 0 Å². The maximum absolute atomic E-state index is 5.70. The number of imidazole rings is 1. The summed E-state index contributed by atoms with van der Waals surface area (Å²) in [5.74, 6) is 1.43. The number of fused-ring (bicyclic) bond motifs is 1. The number of rotatable bonds is 2. The number of hydrogen-bond acceptors (Lipinski definition) is 4. The molecular weight excluding hydrogens is 214 g/mol. The lowest BCUT2D eigenvalue weighted by atomic mass is 9.95. The lowest BCUT2D eigenvalue weighted by Gasteiger charge is -2.21. The Hall–Kier alpha value is -1.62. The zero-order chi connectivity index (χ0) is 11.7. The van der Waals surface area contributed by atoms with Crippen molar-refractivity contribution in [3.05, 3.63) is 24.3 Å². The van der Waals surface area contributed by atoms with Crippen molar-refractivity contribution in [3.8, 4) is 0 Å². The van der Waals surface area contributed by atoms with Gasteiger partial charge in [-0.15, -0.1) is 0 Å². The summed E-state index contributed by atoms with van der Waals surface area (Å²) in [6, 6.07) is 0. The minimum atomic E-state index is 0.667. The van der Waals surface area contributed by atoms with Crippen LogP contribution in [0.5, 0.6) is 0 Å². The topological polar surface area (TPSA) is 68.2 Å². The van der Waals surface area contributed by atoms with E-state index in [1.54, 1.807) is 6.20 Å². The van der Waals surface area contributed by atoms with E-state index in [4.69, 9.17) is 5.73 Å². The van der Waals surface area contributed by atoms with Crippen LogP contribution < -0.4 is 11.1 Å². The maximum Gasteiger partial charge on any atom is 0.234 e. The van der Waals surface area contributed by atoms with E-state index in [0.29, 0.717) is 11.6 Å². The number of aromatic nitrogens is 3. The van der Waals surface area contributed by atoms with Crippen molar-refractivity contribution in [3.63, 3.8) is 0 Å². The molecule has 0 radical (unpaired) electrons. The summed E-state index contributed by atoms with van der Waals surface area (Å²) in [4.78, 5) is 8.72. The van der Waals surface area contributed by atoms with Crippen LogP contribution >= 0.6 is 0 Å². The first kappa shape index (κ1) is 10.5. The number of piperidine rings is 1. The molecule has 1 fully saturated rings. The SMILES string of the molecule is Nc1cnc2nc(CC3CCCNC3)cn2c1. The van der Waals surface area contributed by atoms with Gasteiger partial charge in [-0.3, -0.25) is 4.40 Å². The molecule has 5 heteroatoms. The predicted octanol–water partition coefficient (Wildman–Crippen LogP) is 0.854. The predicted molar refractivity (Wildman–Crippen MR) is 66.7 cm³/mol. The van der Waals surface area contributed by atoms with Crippen LogP contribution in [-0.4, -0.2) is 27.5 Å². The minimum Gasteiger partial charge on any atom is -0.396 e. The monoisotopic (exact) mass is 231 g/mol. The van der Waals surface area contributed by atoms with E-state index in [0.717, 1.165) is 31.0 Å². The molecule has 3 rings (SSSR count). The van der Waals surface area contributed by atoms with Crippen molar-refractivity contribution in [2.45, 2.75) is 19.3 Å². The zero-order valence-electron chi connectivity index (χ0n) is 9.76. The molecule has 0 spiro atoms. The fourth-order valence-electron chi connectivity index (χ4n) is 2.44. The molecule has 5 nitrogen and oxygen atoms in total. The number of nitrogens with two attached hydrogens (primary N) is 1. The number of nitrogens with one attached hydrogen (secondary N) is 1. The molecule has 0 aliphatic carbocycles. The van der Waals surface area contributed by atoms with Crippen molar-refractivity contribution in [2.24, 2.45) is 5.92 Å². The van der Waals surface area contributed by atoms with Crippen molar-refractivity contribution in [1.29, 1.82) is 0 Å². The van der Waals surface area contributed by atoms with Gasteiger partial charge in [-0.1, -0.05) is 0 Å². The lowest BCUT2D eigenvalue weighted by Crippen LogP contribution is -2.30. The summed E-state index contributed by atoms with van der Waals surface area (Å²) >= 11 is 0. The van der Waals surface area contributed by atoms with Crippen LogP contribution in [0.15, 0.2) is 18.6 Å². The van der Waals surface area contributed by atoms with Crippen LogP contribution in [-0.2, 0) is 6.42 Å². The molecule has 1 saturated heterocycles. The standard InChI is InChI=1S/C12H17N5/c13-10-6-15-12-16-11(8-17(12)7-10)4-9-2-1-3-14-5-9/h6-9,14H,1-5,13H2. The second-order valence-corrected chi connectivity index (χ2v) is 4.74. The number of nitrogens with zero attached hydrogens (tertiary/aromatic N) is 3. The molecule has 2 aromatic heterocycles. The molecule has 1 aliphatic heterocycles. The smallest absolute Gasteiger partial charge is 0.234 e. The Balaban J connectivity index is 1.80. The van der Waals surface area contributed by atoms with E-state index in [1.807, 2.05) is 16.8 Å². The third-order valence-electron chi connectivity index (χ3n) is 3.28. The van der Waals surface area contributed by atoms with Crippen LogP contribution in [0.2, 0.25) is 0 Å². The number of anilines is 1. The Bertz CT molecular complexity index is 513. The highest BCUT2D eigenvalue weighted by atomic mass is 15.1. The Morgan fingerprint density at radius 3 is 3.24 bits per heavy atom. The summed E-state index contributed by atoms with van der Waals surface area (Å²) in [5.41, 5.74) is 7.47. The summed E-state index contributed by atoms with van der Waals surface area (Å²) in [6.45, 7) is 2.25. The molecule has 1 atom stereocenters. The van der Waals surface area contributed by atoms with Crippen molar-refractivity contribution >= 4 is 11.5 Å². The number of hydrogen-bond donors (Lipinski definition) is 2. The second-order valence-electron chi connectivity index (χ2n) is 4.74. The molecule has 1 aliphatic rings. The summed E-state index contributed by atoms with van der Waals surface area (Å²) in [7, 11) is 0. The van der Waals surface area contributed by atoms with Gasteiger partial charge >= 0.3 is 0 Å². The molecule has 0 aromatic carbocycles. The van der Waals surface area contributed by atoms with Crippen LogP contribution in [0.3, 0.4) is 0 Å². The molecule has 0 amide bonds. The van der Waals surface area contributed by atoms with Crippen molar-refractivity contribution < 1.29 is 0 Å². The van der Waals surface area contributed by atoms with Gasteiger partial charge in [0, 0.05) is 12.4 Å². The highest BCUT2D eigenvalue weighted by Gasteiger charge is 2.15. The Labute approximate surface area is 100 Å². The van der Waals surface area contributed by atoms with Gasteiger partial charge in [0.15, 0.2) is 0 Å². The van der Waals surface area contributed by atoms with E-state index in [2.05, 4.69) is 15.3 Å². The third-order valence-corrected chi connectivity index (χ3v) is 3.28. The minimum absolute atomic E-state index is 0.667. The second kappa shape index (κ2) is 4.33. The Morgan fingerprint density at radius 2 is 2.41 bits per heavy atom. The lowest BCUT2D eigenvalue weighted by molar-refractivity contribution is 0.374. The zero-order valence-corrected chi connectivity index (χ0v) is 9.76. The van der Waals surface area contributed by atoms with Crippen LogP contribution in [0.25, 0.3) is 5.78 Å². The summed E-state index contributed by atoms with van der Waals surface area (Å²) in [5, 5.41) is 3.43. The fourth-order valence-corrected chi connectivity index (χ4v) is 2.44. The van der Waals surface area contributed by atoms with Gasteiger partial charge in [0.2, 0.25) is 5.78 Å². The van der Waals surface area contributed by atoms with Gasteiger partial charge < -0.3 is 11.1 Å². The Kier molecular flexibility index (Phi) is 2.68.